The third kappa shape index (κ3) is 6.24. The van der Waals surface area contributed by atoms with E-state index in [1.807, 2.05) is 6.07 Å². The van der Waals surface area contributed by atoms with Gasteiger partial charge >= 0.3 is 0 Å². The molecule has 0 saturated carbocycles. The number of carbonyl (C=O) groups excluding carboxylic acids is 2. The number of hydrogen-bond acceptors (Lipinski definition) is 4. The highest BCUT2D eigenvalue weighted by molar-refractivity contribution is 6.36. The van der Waals surface area contributed by atoms with Crippen LogP contribution in [0.4, 0.5) is 11.4 Å². The summed E-state index contributed by atoms with van der Waals surface area (Å²) in [6.07, 6.45) is 8.70. The number of anilines is 2. The van der Waals surface area contributed by atoms with Crippen LogP contribution in [0, 0.1) is 5.92 Å². The van der Waals surface area contributed by atoms with Gasteiger partial charge < -0.3 is 15.1 Å². The molecular formula is C25H23Cl2N3O3. The Hall–Kier alpha value is -3.09. The number of amides is 2. The Labute approximate surface area is 202 Å². The van der Waals surface area contributed by atoms with Gasteiger partial charge in [-0.3, -0.25) is 9.59 Å². The maximum Gasteiger partial charge on any atom is 0.225 e. The summed E-state index contributed by atoms with van der Waals surface area (Å²) in [5, 5.41) is 6.77. The molecule has 1 heterocycles. The first kappa shape index (κ1) is 23.1. The molecule has 0 saturated heterocycles. The van der Waals surface area contributed by atoms with Crippen LogP contribution in [0.5, 0.6) is 0 Å². The second kappa shape index (κ2) is 10.7. The Bertz CT molecular complexity index is 1190. The quantitative estimate of drug-likeness (QED) is 0.357. The van der Waals surface area contributed by atoms with E-state index >= 15 is 0 Å². The number of aryl methyl sites for hydroxylation is 1. The number of halogens is 2. The number of nitrogens with zero attached hydrogens (tertiary/aromatic N) is 1. The van der Waals surface area contributed by atoms with Gasteiger partial charge in [0.2, 0.25) is 11.8 Å². The molecule has 4 rings (SSSR count). The lowest BCUT2D eigenvalue weighted by Gasteiger charge is -2.13. The second-order valence-electron chi connectivity index (χ2n) is 7.85. The maximum atomic E-state index is 12.5. The lowest BCUT2D eigenvalue weighted by Crippen LogP contribution is -2.18. The van der Waals surface area contributed by atoms with E-state index in [0.717, 1.165) is 12.8 Å². The lowest BCUT2D eigenvalue weighted by atomic mass is 10.0. The number of hydrogen-bond donors (Lipinski definition) is 2. The Kier molecular flexibility index (Phi) is 7.47. The van der Waals surface area contributed by atoms with E-state index in [1.165, 1.54) is 0 Å². The molecule has 1 aliphatic carbocycles. The van der Waals surface area contributed by atoms with Crippen LogP contribution >= 0.6 is 23.2 Å². The SMILES string of the molecule is O=C(CCc1ncc(-c2ccc(Cl)cc2Cl)o1)Nc1ccccc1NC(=O)CC1C=CCC1. The van der Waals surface area contributed by atoms with Crippen molar-refractivity contribution in [2.24, 2.45) is 5.92 Å². The van der Waals surface area contributed by atoms with E-state index in [1.54, 1.807) is 42.6 Å². The smallest absolute Gasteiger partial charge is 0.225 e. The molecule has 2 amide bonds. The largest absolute Gasteiger partial charge is 0.441 e. The first-order valence-electron chi connectivity index (χ1n) is 10.7. The van der Waals surface area contributed by atoms with Gasteiger partial charge in [-0.2, -0.15) is 0 Å². The molecule has 2 aromatic carbocycles. The van der Waals surface area contributed by atoms with Crippen molar-refractivity contribution in [3.63, 3.8) is 0 Å². The fourth-order valence-corrected chi connectivity index (χ4v) is 4.18. The van der Waals surface area contributed by atoms with Crippen molar-refractivity contribution in [3.05, 3.63) is 76.7 Å². The van der Waals surface area contributed by atoms with Crippen LogP contribution in [-0.2, 0) is 16.0 Å². The molecule has 3 aromatic rings. The predicted molar refractivity (Wildman–Crippen MR) is 130 cm³/mol. The normalized spacial score (nSPS) is 14.9. The molecule has 33 heavy (non-hydrogen) atoms. The van der Waals surface area contributed by atoms with E-state index in [4.69, 9.17) is 27.6 Å². The van der Waals surface area contributed by atoms with Gasteiger partial charge in [-0.1, -0.05) is 47.5 Å². The molecule has 1 aliphatic rings. The molecule has 170 valence electrons. The zero-order valence-electron chi connectivity index (χ0n) is 17.8. The summed E-state index contributed by atoms with van der Waals surface area (Å²) in [6, 6.07) is 12.3. The van der Waals surface area contributed by atoms with Crippen LogP contribution in [0.25, 0.3) is 11.3 Å². The molecule has 2 N–H and O–H groups in total. The van der Waals surface area contributed by atoms with Crippen LogP contribution in [0.2, 0.25) is 10.0 Å². The molecule has 0 bridgehead atoms. The fourth-order valence-electron chi connectivity index (χ4n) is 3.68. The predicted octanol–water partition coefficient (Wildman–Crippen LogP) is 6.51. The number of oxazole rings is 1. The summed E-state index contributed by atoms with van der Waals surface area (Å²) in [6.45, 7) is 0. The van der Waals surface area contributed by atoms with Gasteiger partial charge in [0, 0.05) is 29.8 Å². The van der Waals surface area contributed by atoms with Gasteiger partial charge in [0.25, 0.3) is 0 Å². The molecule has 6 nitrogen and oxygen atoms in total. The van der Waals surface area contributed by atoms with Crippen LogP contribution in [0.3, 0.4) is 0 Å². The standard InChI is InChI=1S/C25H23Cl2N3O3/c26-17-9-10-18(19(27)14-17)22-15-28-25(33-22)12-11-23(31)29-20-7-3-4-8-21(20)30-24(32)13-16-5-1-2-6-16/h1,3-5,7-10,14-16H,2,6,11-13H2,(H,29,31)(H,30,32). The lowest BCUT2D eigenvalue weighted by molar-refractivity contribution is -0.117. The fraction of sp³-hybridized carbons (Fsp3) is 0.240. The monoisotopic (exact) mass is 483 g/mol. The maximum absolute atomic E-state index is 12.5. The third-order valence-corrected chi connectivity index (χ3v) is 5.90. The summed E-state index contributed by atoms with van der Waals surface area (Å²) >= 11 is 12.2. The van der Waals surface area contributed by atoms with Crippen molar-refractivity contribution in [2.45, 2.75) is 32.1 Å². The number of nitrogens with one attached hydrogen (secondary N) is 2. The minimum absolute atomic E-state index is 0.0681. The first-order valence-corrected chi connectivity index (χ1v) is 11.5. The molecule has 0 radical (unpaired) electrons. The van der Waals surface area contributed by atoms with Gasteiger partial charge in [-0.05, 0) is 49.1 Å². The van der Waals surface area contributed by atoms with Gasteiger partial charge in [-0.15, -0.1) is 0 Å². The molecule has 8 heteroatoms. The summed E-state index contributed by atoms with van der Waals surface area (Å²) in [7, 11) is 0. The van der Waals surface area contributed by atoms with Crippen molar-refractivity contribution < 1.29 is 14.0 Å². The van der Waals surface area contributed by atoms with E-state index in [2.05, 4.69) is 27.8 Å². The van der Waals surface area contributed by atoms with Crippen molar-refractivity contribution in [3.8, 4) is 11.3 Å². The molecule has 0 spiro atoms. The highest BCUT2D eigenvalue weighted by atomic mass is 35.5. The number of allylic oxidation sites excluding steroid dienone is 2. The van der Waals surface area contributed by atoms with Crippen LogP contribution in [-0.4, -0.2) is 16.8 Å². The van der Waals surface area contributed by atoms with Crippen LogP contribution in [0.1, 0.15) is 31.6 Å². The van der Waals surface area contributed by atoms with Crippen LogP contribution in [0.15, 0.2) is 65.2 Å². The van der Waals surface area contributed by atoms with E-state index < -0.39 is 0 Å². The zero-order chi connectivity index (χ0) is 23.2. The third-order valence-electron chi connectivity index (χ3n) is 5.35. The zero-order valence-corrected chi connectivity index (χ0v) is 19.3. The number of benzene rings is 2. The highest BCUT2D eigenvalue weighted by Crippen LogP contribution is 2.31. The Morgan fingerprint density at radius 2 is 1.82 bits per heavy atom. The second-order valence-corrected chi connectivity index (χ2v) is 8.70. The minimum atomic E-state index is -0.209. The molecule has 1 unspecified atom stereocenters. The van der Waals surface area contributed by atoms with Crippen LogP contribution < -0.4 is 10.6 Å². The summed E-state index contributed by atoms with van der Waals surface area (Å²) < 4.78 is 5.75. The Morgan fingerprint density at radius 1 is 1.06 bits per heavy atom. The van der Waals surface area contributed by atoms with Crippen molar-refractivity contribution >= 4 is 46.4 Å². The average Bonchev–Trinajstić information content (AvgIpc) is 3.46. The number of carbonyl (C=O) groups is 2. The highest BCUT2D eigenvalue weighted by Gasteiger charge is 2.16. The molecular weight excluding hydrogens is 461 g/mol. The summed E-state index contributed by atoms with van der Waals surface area (Å²) in [5.74, 6) is 0.941. The number of rotatable bonds is 8. The van der Waals surface area contributed by atoms with Gasteiger partial charge in [0.05, 0.1) is 22.6 Å². The minimum Gasteiger partial charge on any atom is -0.441 e. The number of para-hydroxylation sites is 2. The van der Waals surface area contributed by atoms with Gasteiger partial charge in [0.1, 0.15) is 0 Å². The van der Waals surface area contributed by atoms with Gasteiger partial charge in [-0.25, -0.2) is 4.98 Å². The van der Waals surface area contributed by atoms with E-state index in [0.29, 0.717) is 51.5 Å². The van der Waals surface area contributed by atoms with Crippen molar-refractivity contribution in [2.75, 3.05) is 10.6 Å². The summed E-state index contributed by atoms with van der Waals surface area (Å²) in [5.41, 5.74) is 1.81. The van der Waals surface area contributed by atoms with E-state index in [9.17, 15) is 9.59 Å². The average molecular weight is 484 g/mol. The molecule has 1 aromatic heterocycles. The molecule has 1 atom stereocenters. The molecule has 0 aliphatic heterocycles. The first-order chi connectivity index (χ1) is 16.0. The van der Waals surface area contributed by atoms with E-state index in [-0.39, 0.29) is 24.2 Å². The summed E-state index contributed by atoms with van der Waals surface area (Å²) in [4.78, 5) is 29.2. The Balaban J connectivity index is 1.33. The van der Waals surface area contributed by atoms with Crippen molar-refractivity contribution in [1.29, 1.82) is 0 Å². The van der Waals surface area contributed by atoms with Gasteiger partial charge in [0.15, 0.2) is 11.7 Å². The number of aromatic nitrogens is 1. The topological polar surface area (TPSA) is 84.2 Å². The van der Waals surface area contributed by atoms with Crippen molar-refractivity contribution in [1.82, 2.24) is 4.98 Å². The molecule has 0 fully saturated rings. The Morgan fingerprint density at radius 3 is 2.52 bits per heavy atom.